The topological polar surface area (TPSA) is 41.9 Å². The minimum atomic E-state index is -0.0304. The van der Waals surface area contributed by atoms with Crippen LogP contribution in [0.25, 0.3) is 16.8 Å². The zero-order valence-electron chi connectivity index (χ0n) is 20.5. The van der Waals surface area contributed by atoms with Crippen LogP contribution in [-0.2, 0) is 17.8 Å². The van der Waals surface area contributed by atoms with Gasteiger partial charge in [-0.3, -0.25) is 9.69 Å². The Labute approximate surface area is 216 Å². The van der Waals surface area contributed by atoms with Gasteiger partial charge in [0.2, 0.25) is 0 Å². The van der Waals surface area contributed by atoms with Gasteiger partial charge in [-0.05, 0) is 65.2 Å². The van der Waals surface area contributed by atoms with Gasteiger partial charge in [0.15, 0.2) is 5.17 Å². The summed E-state index contributed by atoms with van der Waals surface area (Å²) < 4.78 is 6.27. The Morgan fingerprint density at radius 2 is 1.64 bits per heavy atom. The van der Waals surface area contributed by atoms with Gasteiger partial charge in [-0.15, -0.1) is 0 Å². The van der Waals surface area contributed by atoms with Gasteiger partial charge in [-0.25, -0.2) is 4.99 Å². The third-order valence-corrected chi connectivity index (χ3v) is 7.24. The van der Waals surface area contributed by atoms with Crippen molar-refractivity contribution in [3.05, 3.63) is 113 Å². The monoisotopic (exact) mass is 492 g/mol. The summed E-state index contributed by atoms with van der Waals surface area (Å²) in [6.07, 6.45) is 2.85. The van der Waals surface area contributed by atoms with E-state index in [0.29, 0.717) is 23.2 Å². The lowest BCUT2D eigenvalue weighted by atomic mass is 10.0. The average Bonchev–Trinajstić information content (AvgIpc) is 3.22. The molecule has 1 aliphatic rings. The number of amidine groups is 1. The van der Waals surface area contributed by atoms with Crippen molar-refractivity contribution in [2.24, 2.45) is 4.99 Å². The molecular formula is C31H28N2O2S. The van der Waals surface area contributed by atoms with Gasteiger partial charge in [0.1, 0.15) is 12.4 Å². The lowest BCUT2D eigenvalue weighted by Gasteiger charge is -2.13. The molecule has 1 fully saturated rings. The molecule has 1 amide bonds. The first-order valence-corrected chi connectivity index (χ1v) is 13.1. The molecule has 5 heteroatoms. The largest absolute Gasteiger partial charge is 0.488 e. The lowest BCUT2D eigenvalue weighted by molar-refractivity contribution is -0.122. The van der Waals surface area contributed by atoms with E-state index in [1.807, 2.05) is 79.7 Å². The molecule has 0 atom stereocenters. The van der Waals surface area contributed by atoms with Gasteiger partial charge in [0.05, 0.1) is 10.6 Å². The summed E-state index contributed by atoms with van der Waals surface area (Å²) in [5.41, 5.74) is 4.08. The molecule has 0 saturated carbocycles. The maximum atomic E-state index is 13.4. The number of likely N-dealkylation sites (N-methyl/N-ethyl adjacent to an activating group) is 1. The molecule has 0 spiro atoms. The van der Waals surface area contributed by atoms with Gasteiger partial charge in [-0.1, -0.05) is 85.8 Å². The van der Waals surface area contributed by atoms with Gasteiger partial charge >= 0.3 is 0 Å². The van der Waals surface area contributed by atoms with Crippen molar-refractivity contribution < 1.29 is 9.53 Å². The number of hydrogen-bond donors (Lipinski definition) is 0. The molecule has 0 bridgehead atoms. The summed E-state index contributed by atoms with van der Waals surface area (Å²) in [7, 11) is 0. The van der Waals surface area contributed by atoms with Crippen molar-refractivity contribution in [3.63, 3.8) is 0 Å². The van der Waals surface area contributed by atoms with Crippen molar-refractivity contribution >= 4 is 45.4 Å². The molecule has 1 heterocycles. The van der Waals surface area contributed by atoms with Crippen LogP contribution in [0.1, 0.15) is 30.5 Å². The molecule has 36 heavy (non-hydrogen) atoms. The van der Waals surface area contributed by atoms with E-state index in [0.717, 1.165) is 45.3 Å². The molecule has 0 N–H and O–H groups in total. The number of para-hydroxylation sites is 1. The highest BCUT2D eigenvalue weighted by molar-refractivity contribution is 8.18. The number of aryl methyl sites for hydroxylation is 1. The van der Waals surface area contributed by atoms with E-state index in [-0.39, 0.29) is 5.91 Å². The van der Waals surface area contributed by atoms with E-state index in [9.17, 15) is 4.79 Å². The fraction of sp³-hybridized carbons (Fsp3) is 0.161. The van der Waals surface area contributed by atoms with Crippen LogP contribution in [0.2, 0.25) is 0 Å². The number of thioether (sulfide) groups is 1. The third kappa shape index (κ3) is 4.93. The summed E-state index contributed by atoms with van der Waals surface area (Å²) >= 11 is 1.42. The second-order valence-electron chi connectivity index (χ2n) is 8.51. The molecule has 4 aromatic carbocycles. The first kappa shape index (κ1) is 23.9. The van der Waals surface area contributed by atoms with E-state index in [1.54, 1.807) is 4.90 Å². The van der Waals surface area contributed by atoms with Crippen molar-refractivity contribution in [2.75, 3.05) is 6.54 Å². The van der Waals surface area contributed by atoms with E-state index >= 15 is 0 Å². The molecule has 4 nitrogen and oxygen atoms in total. The Morgan fingerprint density at radius 1 is 0.889 bits per heavy atom. The Bertz CT molecular complexity index is 1460. The Hall–Kier alpha value is -3.83. The van der Waals surface area contributed by atoms with Crippen molar-refractivity contribution in [1.29, 1.82) is 0 Å². The lowest BCUT2D eigenvalue weighted by Crippen LogP contribution is -2.28. The first-order valence-electron chi connectivity index (χ1n) is 12.2. The number of aliphatic imine (C=N–C) groups is 1. The Kier molecular flexibility index (Phi) is 7.19. The zero-order chi connectivity index (χ0) is 24.9. The molecule has 0 aliphatic carbocycles. The molecule has 5 rings (SSSR count). The van der Waals surface area contributed by atoms with Crippen molar-refractivity contribution in [2.45, 2.75) is 26.9 Å². The van der Waals surface area contributed by atoms with E-state index in [4.69, 9.17) is 9.73 Å². The molecular weight excluding hydrogens is 464 g/mol. The highest BCUT2D eigenvalue weighted by Crippen LogP contribution is 2.38. The maximum absolute atomic E-state index is 13.4. The molecule has 1 saturated heterocycles. The smallest absolute Gasteiger partial charge is 0.266 e. The van der Waals surface area contributed by atoms with Crippen LogP contribution in [0.4, 0.5) is 5.69 Å². The van der Waals surface area contributed by atoms with Crippen LogP contribution in [0.3, 0.4) is 0 Å². The normalized spacial score (nSPS) is 15.8. The minimum Gasteiger partial charge on any atom is -0.488 e. The summed E-state index contributed by atoms with van der Waals surface area (Å²) in [6.45, 7) is 5.11. The van der Waals surface area contributed by atoms with Gasteiger partial charge in [-0.2, -0.15) is 0 Å². The zero-order valence-corrected chi connectivity index (χ0v) is 21.3. The summed E-state index contributed by atoms with van der Waals surface area (Å²) in [5, 5.41) is 2.86. The number of rotatable bonds is 7. The van der Waals surface area contributed by atoms with E-state index in [2.05, 4.69) is 31.2 Å². The molecule has 4 aromatic rings. The number of carbonyl (C=O) groups is 1. The molecule has 180 valence electrons. The number of carbonyl (C=O) groups excluding carboxylic acids is 1. The van der Waals surface area contributed by atoms with Crippen LogP contribution in [0.15, 0.2) is 101 Å². The predicted molar refractivity (Wildman–Crippen MR) is 151 cm³/mol. The summed E-state index contributed by atoms with van der Waals surface area (Å²) in [4.78, 5) is 20.7. The Morgan fingerprint density at radius 3 is 2.44 bits per heavy atom. The Balaban J connectivity index is 1.55. The van der Waals surface area contributed by atoms with E-state index in [1.165, 1.54) is 11.8 Å². The van der Waals surface area contributed by atoms with Crippen molar-refractivity contribution in [1.82, 2.24) is 4.90 Å². The van der Waals surface area contributed by atoms with Gasteiger partial charge in [0.25, 0.3) is 5.91 Å². The third-order valence-electron chi connectivity index (χ3n) is 6.24. The number of hydrogen-bond acceptors (Lipinski definition) is 4. The maximum Gasteiger partial charge on any atom is 0.266 e. The molecule has 0 aromatic heterocycles. The standard InChI is InChI=1S/C31H28N2O2S/c1-3-23-14-9-11-17-27(23)32-31-33(4-2)30(34)29(36-31)20-26-25-16-10-8-15-24(25)18-19-28(26)35-21-22-12-6-5-7-13-22/h5-20H,3-4,21H2,1-2H3/b29-20+,32-31?. The molecule has 0 unspecified atom stereocenters. The van der Waals surface area contributed by atoms with Gasteiger partial charge in [0, 0.05) is 12.1 Å². The van der Waals surface area contributed by atoms with Crippen LogP contribution < -0.4 is 4.74 Å². The van der Waals surface area contributed by atoms with Gasteiger partial charge < -0.3 is 4.74 Å². The fourth-order valence-corrected chi connectivity index (χ4v) is 5.35. The number of fused-ring (bicyclic) bond motifs is 1. The van der Waals surface area contributed by atoms with Crippen LogP contribution in [-0.4, -0.2) is 22.5 Å². The first-order chi connectivity index (χ1) is 17.7. The van der Waals surface area contributed by atoms with Crippen molar-refractivity contribution in [3.8, 4) is 5.75 Å². The quantitative estimate of drug-likeness (QED) is 0.249. The number of ether oxygens (including phenoxy) is 1. The number of amides is 1. The van der Waals surface area contributed by atoms with Crippen LogP contribution in [0, 0.1) is 0 Å². The average molecular weight is 493 g/mol. The van der Waals surface area contributed by atoms with Crippen LogP contribution in [0.5, 0.6) is 5.75 Å². The fourth-order valence-electron chi connectivity index (χ4n) is 4.31. The second-order valence-corrected chi connectivity index (χ2v) is 9.52. The second kappa shape index (κ2) is 10.8. The highest BCUT2D eigenvalue weighted by Gasteiger charge is 2.32. The minimum absolute atomic E-state index is 0.0304. The highest BCUT2D eigenvalue weighted by atomic mass is 32.2. The van der Waals surface area contributed by atoms with Crippen LogP contribution >= 0.6 is 11.8 Å². The number of benzene rings is 4. The number of nitrogens with zero attached hydrogens (tertiary/aromatic N) is 2. The molecule has 1 aliphatic heterocycles. The molecule has 0 radical (unpaired) electrons. The predicted octanol–water partition coefficient (Wildman–Crippen LogP) is 7.61. The summed E-state index contributed by atoms with van der Waals surface area (Å²) in [5.74, 6) is 0.723. The van der Waals surface area contributed by atoms with E-state index < -0.39 is 0 Å². The SMILES string of the molecule is CCc1ccccc1N=C1S/C(=C/c2c(OCc3ccccc3)ccc3ccccc23)C(=O)N1CC. The summed E-state index contributed by atoms with van der Waals surface area (Å²) in [6, 6.07) is 30.4.